The molecule has 0 aliphatic rings. The summed E-state index contributed by atoms with van der Waals surface area (Å²) >= 11 is 5.98. The molecule has 6 heteroatoms. The average Bonchev–Trinajstić information content (AvgIpc) is 2.60. The number of nitrogens with one attached hydrogen (secondary N) is 3. The number of carbonyl (C=O) groups is 2. The third-order valence-corrected chi connectivity index (χ3v) is 3.90. The van der Waals surface area contributed by atoms with E-state index >= 15 is 0 Å². The van der Waals surface area contributed by atoms with E-state index in [1.165, 1.54) is 0 Å². The van der Waals surface area contributed by atoms with Crippen molar-refractivity contribution in [1.82, 2.24) is 10.6 Å². The molecular formula is C19H22ClN3O2. The van der Waals surface area contributed by atoms with Crippen LogP contribution in [0.15, 0.2) is 48.5 Å². The second-order valence-corrected chi connectivity index (χ2v) is 6.08. The van der Waals surface area contributed by atoms with Gasteiger partial charge in [-0.2, -0.15) is 0 Å². The van der Waals surface area contributed by atoms with Crippen molar-refractivity contribution >= 4 is 29.1 Å². The monoisotopic (exact) mass is 359 g/mol. The maximum atomic E-state index is 12.1. The molecular weight excluding hydrogens is 338 g/mol. The van der Waals surface area contributed by atoms with Crippen molar-refractivity contribution in [3.63, 3.8) is 0 Å². The van der Waals surface area contributed by atoms with Crippen molar-refractivity contribution in [3.05, 3.63) is 64.7 Å². The predicted octanol–water partition coefficient (Wildman–Crippen LogP) is 3.38. The van der Waals surface area contributed by atoms with Crippen molar-refractivity contribution in [2.75, 3.05) is 18.4 Å². The molecule has 0 aliphatic carbocycles. The summed E-state index contributed by atoms with van der Waals surface area (Å²) in [5.74, 6) is -0.340. The van der Waals surface area contributed by atoms with Crippen LogP contribution in [0, 0.1) is 0 Å². The van der Waals surface area contributed by atoms with Gasteiger partial charge in [0.15, 0.2) is 0 Å². The van der Waals surface area contributed by atoms with E-state index < -0.39 is 0 Å². The first-order valence-electron chi connectivity index (χ1n) is 8.16. The minimum Gasteiger partial charge on any atom is -0.352 e. The highest BCUT2D eigenvalue weighted by Crippen LogP contribution is 2.17. The number of benzene rings is 2. The fourth-order valence-corrected chi connectivity index (χ4v) is 2.54. The first-order valence-corrected chi connectivity index (χ1v) is 8.54. The van der Waals surface area contributed by atoms with Gasteiger partial charge < -0.3 is 16.0 Å². The second kappa shape index (κ2) is 9.20. The Hall–Kier alpha value is -2.37. The van der Waals surface area contributed by atoms with Crippen LogP contribution in [0.2, 0.25) is 5.02 Å². The SMILES string of the molecule is CCNC(=O)c1cccc(NC(=O)CN[C@@H](C)c2cccc(Cl)c2)c1. The first kappa shape index (κ1) is 19.0. The van der Waals surface area contributed by atoms with Gasteiger partial charge in [0.1, 0.15) is 0 Å². The quantitative estimate of drug-likeness (QED) is 0.709. The third-order valence-electron chi connectivity index (χ3n) is 3.66. The molecule has 0 radical (unpaired) electrons. The molecule has 0 fully saturated rings. The van der Waals surface area contributed by atoms with E-state index in [-0.39, 0.29) is 24.4 Å². The van der Waals surface area contributed by atoms with Gasteiger partial charge >= 0.3 is 0 Å². The van der Waals surface area contributed by atoms with Gasteiger partial charge in [0.2, 0.25) is 5.91 Å². The number of amides is 2. The molecule has 0 unspecified atom stereocenters. The average molecular weight is 360 g/mol. The summed E-state index contributed by atoms with van der Waals surface area (Å²) in [6.07, 6.45) is 0. The molecule has 1 atom stereocenters. The van der Waals surface area contributed by atoms with E-state index in [1.807, 2.05) is 38.1 Å². The largest absolute Gasteiger partial charge is 0.352 e. The minimum absolute atomic E-state index is 0.00823. The fraction of sp³-hybridized carbons (Fsp3) is 0.263. The summed E-state index contributed by atoms with van der Waals surface area (Å²) in [5, 5.41) is 9.34. The summed E-state index contributed by atoms with van der Waals surface area (Å²) in [5.41, 5.74) is 2.12. The van der Waals surface area contributed by atoms with Crippen LogP contribution in [-0.2, 0) is 4.79 Å². The standard InChI is InChI=1S/C19H22ClN3O2/c1-3-21-19(25)15-7-5-9-17(11-15)23-18(24)12-22-13(2)14-6-4-8-16(20)10-14/h4-11,13,22H,3,12H2,1-2H3,(H,21,25)(H,23,24)/t13-/m0/s1. The van der Waals surface area contributed by atoms with Crippen LogP contribution in [0.5, 0.6) is 0 Å². The Morgan fingerprint density at radius 1 is 1.12 bits per heavy atom. The van der Waals surface area contributed by atoms with E-state index in [0.717, 1.165) is 5.56 Å². The van der Waals surface area contributed by atoms with Crippen molar-refractivity contribution in [1.29, 1.82) is 0 Å². The molecule has 2 aromatic carbocycles. The number of rotatable bonds is 7. The van der Waals surface area contributed by atoms with E-state index in [1.54, 1.807) is 24.3 Å². The van der Waals surface area contributed by atoms with Crippen LogP contribution in [0.1, 0.15) is 35.8 Å². The molecule has 5 nitrogen and oxygen atoms in total. The van der Waals surface area contributed by atoms with Crippen LogP contribution in [0.3, 0.4) is 0 Å². The molecule has 25 heavy (non-hydrogen) atoms. The molecule has 3 N–H and O–H groups in total. The van der Waals surface area contributed by atoms with Gasteiger partial charge in [-0.15, -0.1) is 0 Å². The zero-order valence-corrected chi connectivity index (χ0v) is 15.1. The van der Waals surface area contributed by atoms with E-state index in [9.17, 15) is 9.59 Å². The van der Waals surface area contributed by atoms with Crippen molar-refractivity contribution < 1.29 is 9.59 Å². The normalized spacial score (nSPS) is 11.6. The Balaban J connectivity index is 1.90. The Bertz CT molecular complexity index is 749. The van der Waals surface area contributed by atoms with E-state index in [4.69, 9.17) is 11.6 Å². The number of carbonyl (C=O) groups excluding carboxylic acids is 2. The molecule has 2 rings (SSSR count). The summed E-state index contributed by atoms with van der Waals surface area (Å²) in [4.78, 5) is 24.0. The molecule has 0 saturated carbocycles. The number of hydrogen-bond donors (Lipinski definition) is 3. The highest BCUT2D eigenvalue weighted by Gasteiger charge is 2.10. The third kappa shape index (κ3) is 5.89. The Morgan fingerprint density at radius 3 is 2.60 bits per heavy atom. The molecule has 0 aromatic heterocycles. The zero-order chi connectivity index (χ0) is 18.2. The van der Waals surface area contributed by atoms with Gasteiger partial charge in [-0.3, -0.25) is 9.59 Å². The maximum Gasteiger partial charge on any atom is 0.251 e. The number of halogens is 1. The van der Waals surface area contributed by atoms with Crippen LogP contribution < -0.4 is 16.0 Å². The second-order valence-electron chi connectivity index (χ2n) is 5.65. The summed E-state index contributed by atoms with van der Waals surface area (Å²) in [6, 6.07) is 14.4. The van der Waals surface area contributed by atoms with Gasteiger partial charge in [0.25, 0.3) is 5.91 Å². The number of hydrogen-bond acceptors (Lipinski definition) is 3. The van der Waals surface area contributed by atoms with Gasteiger partial charge in [0, 0.05) is 28.9 Å². The molecule has 0 bridgehead atoms. The molecule has 0 aliphatic heterocycles. The van der Waals surface area contributed by atoms with Crippen LogP contribution in [-0.4, -0.2) is 24.9 Å². The predicted molar refractivity (Wildman–Crippen MR) is 101 cm³/mol. The minimum atomic E-state index is -0.179. The lowest BCUT2D eigenvalue weighted by molar-refractivity contribution is -0.115. The van der Waals surface area contributed by atoms with E-state index in [0.29, 0.717) is 22.8 Å². The molecule has 132 valence electrons. The van der Waals surface area contributed by atoms with Crippen LogP contribution in [0.25, 0.3) is 0 Å². The highest BCUT2D eigenvalue weighted by molar-refractivity contribution is 6.30. The molecule has 2 aromatic rings. The Morgan fingerprint density at radius 2 is 1.88 bits per heavy atom. The molecule has 0 saturated heterocycles. The van der Waals surface area contributed by atoms with Gasteiger partial charge in [-0.25, -0.2) is 0 Å². The topological polar surface area (TPSA) is 70.2 Å². The van der Waals surface area contributed by atoms with Crippen molar-refractivity contribution in [2.24, 2.45) is 0 Å². The van der Waals surface area contributed by atoms with Gasteiger partial charge in [-0.05, 0) is 49.7 Å². The van der Waals surface area contributed by atoms with Crippen LogP contribution >= 0.6 is 11.6 Å². The highest BCUT2D eigenvalue weighted by atomic mass is 35.5. The summed E-state index contributed by atoms with van der Waals surface area (Å²) < 4.78 is 0. The Labute approximate surface area is 152 Å². The molecule has 2 amide bonds. The van der Waals surface area contributed by atoms with Crippen LogP contribution in [0.4, 0.5) is 5.69 Å². The first-order chi connectivity index (χ1) is 12.0. The maximum absolute atomic E-state index is 12.1. The zero-order valence-electron chi connectivity index (χ0n) is 14.3. The molecule has 0 spiro atoms. The van der Waals surface area contributed by atoms with Gasteiger partial charge in [0.05, 0.1) is 6.54 Å². The summed E-state index contributed by atoms with van der Waals surface area (Å²) in [6.45, 7) is 4.53. The van der Waals surface area contributed by atoms with Gasteiger partial charge in [-0.1, -0.05) is 29.8 Å². The van der Waals surface area contributed by atoms with Crippen molar-refractivity contribution in [2.45, 2.75) is 19.9 Å². The smallest absolute Gasteiger partial charge is 0.251 e. The summed E-state index contributed by atoms with van der Waals surface area (Å²) in [7, 11) is 0. The lowest BCUT2D eigenvalue weighted by Crippen LogP contribution is -2.30. The van der Waals surface area contributed by atoms with Crippen molar-refractivity contribution in [3.8, 4) is 0 Å². The number of anilines is 1. The lowest BCUT2D eigenvalue weighted by atomic mass is 10.1. The molecule has 0 heterocycles. The fourth-order valence-electron chi connectivity index (χ4n) is 2.35. The van der Waals surface area contributed by atoms with E-state index in [2.05, 4.69) is 16.0 Å². The lowest BCUT2D eigenvalue weighted by Gasteiger charge is -2.14. The Kier molecular flexibility index (Phi) is 6.98.